The van der Waals surface area contributed by atoms with Gasteiger partial charge in [0, 0.05) is 29.1 Å². The Hall–Kier alpha value is -1.97. The van der Waals surface area contributed by atoms with Gasteiger partial charge in [0.2, 0.25) is 5.91 Å². The first kappa shape index (κ1) is 14.0. The Labute approximate surface area is 124 Å². The number of carbonyl (C=O) groups excluding carboxylic acids is 1. The minimum absolute atomic E-state index is 0.186. The van der Waals surface area contributed by atoms with Crippen molar-refractivity contribution in [2.24, 2.45) is 0 Å². The molecule has 1 aliphatic rings. The summed E-state index contributed by atoms with van der Waals surface area (Å²) in [5.41, 5.74) is 1.71. The van der Waals surface area contributed by atoms with Crippen molar-refractivity contribution in [3.63, 3.8) is 0 Å². The lowest BCUT2D eigenvalue weighted by atomic mass is 10.1. The van der Waals surface area contributed by atoms with Crippen LogP contribution in [0, 0.1) is 0 Å². The van der Waals surface area contributed by atoms with E-state index in [0.29, 0.717) is 12.5 Å². The van der Waals surface area contributed by atoms with Crippen LogP contribution in [0.25, 0.3) is 11.0 Å². The van der Waals surface area contributed by atoms with E-state index in [2.05, 4.69) is 13.8 Å². The number of ether oxygens (including phenoxy) is 1. The van der Waals surface area contributed by atoms with E-state index in [0.717, 1.165) is 35.1 Å². The third-order valence-electron chi connectivity index (χ3n) is 3.99. The second-order valence-corrected chi connectivity index (χ2v) is 5.93. The summed E-state index contributed by atoms with van der Waals surface area (Å²) in [4.78, 5) is 14.6. The average Bonchev–Trinajstić information content (AvgIpc) is 3.20. The van der Waals surface area contributed by atoms with E-state index in [-0.39, 0.29) is 11.9 Å². The number of furan rings is 1. The Morgan fingerprint density at radius 2 is 2.19 bits per heavy atom. The van der Waals surface area contributed by atoms with E-state index < -0.39 is 0 Å². The number of amides is 1. The van der Waals surface area contributed by atoms with Gasteiger partial charge in [-0.1, -0.05) is 0 Å². The van der Waals surface area contributed by atoms with E-state index in [1.807, 2.05) is 23.1 Å². The Morgan fingerprint density at radius 3 is 2.81 bits per heavy atom. The highest BCUT2D eigenvalue weighted by molar-refractivity contribution is 5.88. The molecule has 1 amide bonds. The smallest absolute Gasteiger partial charge is 0.227 e. The van der Waals surface area contributed by atoms with E-state index >= 15 is 0 Å². The second-order valence-electron chi connectivity index (χ2n) is 5.93. The first-order valence-corrected chi connectivity index (χ1v) is 7.45. The summed E-state index contributed by atoms with van der Waals surface area (Å²) >= 11 is 0. The molecule has 1 saturated carbocycles. The maximum Gasteiger partial charge on any atom is 0.227 e. The van der Waals surface area contributed by atoms with Crippen molar-refractivity contribution in [1.82, 2.24) is 4.90 Å². The molecule has 1 heterocycles. The topological polar surface area (TPSA) is 42.7 Å². The van der Waals surface area contributed by atoms with Crippen LogP contribution in [0.4, 0.5) is 0 Å². The summed E-state index contributed by atoms with van der Waals surface area (Å²) in [5, 5.41) is 0.989. The number of methoxy groups -OCH3 is 1. The highest BCUT2D eigenvalue weighted by atomic mass is 16.5. The molecule has 0 spiro atoms. The third kappa shape index (κ3) is 2.75. The van der Waals surface area contributed by atoms with Crippen molar-refractivity contribution in [3.8, 4) is 5.75 Å². The Kier molecular flexibility index (Phi) is 3.62. The summed E-state index contributed by atoms with van der Waals surface area (Å²) in [7, 11) is 1.63. The van der Waals surface area contributed by atoms with Gasteiger partial charge < -0.3 is 14.1 Å². The zero-order valence-corrected chi connectivity index (χ0v) is 12.8. The molecule has 0 unspecified atom stereocenters. The van der Waals surface area contributed by atoms with E-state index in [9.17, 15) is 4.79 Å². The number of benzene rings is 1. The standard InChI is InChI=1S/C17H21NO3/c1-11(2)18(13-4-5-13)17(19)8-12-10-21-16-9-14(20-3)6-7-15(12)16/h6-7,9-11,13H,4-5,8H2,1-3H3. The fourth-order valence-electron chi connectivity index (χ4n) is 2.85. The molecule has 1 aromatic carbocycles. The normalized spacial score (nSPS) is 14.7. The summed E-state index contributed by atoms with van der Waals surface area (Å²) in [6, 6.07) is 6.40. The van der Waals surface area contributed by atoms with Gasteiger partial charge in [-0.25, -0.2) is 0 Å². The summed E-state index contributed by atoms with van der Waals surface area (Å²) < 4.78 is 10.7. The number of carbonyl (C=O) groups is 1. The minimum atomic E-state index is 0.186. The second kappa shape index (κ2) is 5.43. The first-order valence-electron chi connectivity index (χ1n) is 7.45. The number of hydrogen-bond donors (Lipinski definition) is 0. The molecule has 0 N–H and O–H groups in total. The fraction of sp³-hybridized carbons (Fsp3) is 0.471. The SMILES string of the molecule is COc1ccc2c(CC(=O)N(C(C)C)C3CC3)coc2c1. The molecule has 2 aromatic rings. The average molecular weight is 287 g/mol. The fourth-order valence-corrected chi connectivity index (χ4v) is 2.85. The summed E-state index contributed by atoms with van der Waals surface area (Å²) in [6.07, 6.45) is 4.35. The molecule has 0 aliphatic heterocycles. The molecule has 0 bridgehead atoms. The Morgan fingerprint density at radius 1 is 1.43 bits per heavy atom. The van der Waals surface area contributed by atoms with Crippen LogP contribution in [0.15, 0.2) is 28.9 Å². The van der Waals surface area contributed by atoms with Gasteiger partial charge in [-0.15, -0.1) is 0 Å². The predicted molar refractivity (Wildman–Crippen MR) is 81.5 cm³/mol. The quantitative estimate of drug-likeness (QED) is 0.846. The predicted octanol–water partition coefficient (Wildman–Crippen LogP) is 3.38. The van der Waals surface area contributed by atoms with Crippen LogP contribution in [-0.4, -0.2) is 30.0 Å². The molecule has 1 fully saturated rings. The molecule has 112 valence electrons. The largest absolute Gasteiger partial charge is 0.497 e. The lowest BCUT2D eigenvalue weighted by molar-refractivity contribution is -0.132. The monoisotopic (exact) mass is 287 g/mol. The van der Waals surface area contributed by atoms with Crippen molar-refractivity contribution in [2.45, 2.75) is 45.2 Å². The van der Waals surface area contributed by atoms with Crippen LogP contribution < -0.4 is 4.74 Å². The molecule has 0 atom stereocenters. The zero-order valence-electron chi connectivity index (χ0n) is 12.8. The van der Waals surface area contributed by atoms with Gasteiger partial charge in [-0.3, -0.25) is 4.79 Å². The van der Waals surface area contributed by atoms with Gasteiger partial charge in [-0.2, -0.15) is 0 Å². The lowest BCUT2D eigenvalue weighted by Crippen LogP contribution is -2.39. The molecule has 0 radical (unpaired) electrons. The summed E-state index contributed by atoms with van der Waals surface area (Å²) in [5.74, 6) is 0.947. The van der Waals surface area contributed by atoms with Crippen LogP contribution in [0.5, 0.6) is 5.75 Å². The van der Waals surface area contributed by atoms with Gasteiger partial charge in [0.05, 0.1) is 19.8 Å². The van der Waals surface area contributed by atoms with Crippen LogP contribution in [0.1, 0.15) is 32.3 Å². The highest BCUT2D eigenvalue weighted by Crippen LogP contribution is 2.31. The number of rotatable bonds is 5. The molecule has 4 heteroatoms. The number of hydrogen-bond acceptors (Lipinski definition) is 3. The maximum atomic E-state index is 12.6. The lowest BCUT2D eigenvalue weighted by Gasteiger charge is -2.26. The molecular formula is C17H21NO3. The van der Waals surface area contributed by atoms with Gasteiger partial charge in [0.1, 0.15) is 11.3 Å². The molecule has 1 aromatic heterocycles. The van der Waals surface area contributed by atoms with Gasteiger partial charge in [0.25, 0.3) is 0 Å². The molecular weight excluding hydrogens is 266 g/mol. The summed E-state index contributed by atoms with van der Waals surface area (Å²) in [6.45, 7) is 4.16. The van der Waals surface area contributed by atoms with Crippen molar-refractivity contribution < 1.29 is 13.9 Å². The van der Waals surface area contributed by atoms with E-state index in [4.69, 9.17) is 9.15 Å². The third-order valence-corrected chi connectivity index (χ3v) is 3.99. The Bertz CT molecular complexity index is 653. The van der Waals surface area contributed by atoms with Crippen molar-refractivity contribution in [3.05, 3.63) is 30.0 Å². The van der Waals surface area contributed by atoms with Gasteiger partial charge in [-0.05, 0) is 38.8 Å². The van der Waals surface area contributed by atoms with Crippen LogP contribution >= 0.6 is 0 Å². The van der Waals surface area contributed by atoms with Crippen molar-refractivity contribution >= 4 is 16.9 Å². The highest BCUT2D eigenvalue weighted by Gasteiger charge is 2.34. The van der Waals surface area contributed by atoms with Crippen LogP contribution in [0.2, 0.25) is 0 Å². The van der Waals surface area contributed by atoms with Gasteiger partial charge in [0.15, 0.2) is 0 Å². The van der Waals surface area contributed by atoms with E-state index in [1.165, 1.54) is 0 Å². The molecule has 4 nitrogen and oxygen atoms in total. The van der Waals surface area contributed by atoms with Crippen molar-refractivity contribution in [2.75, 3.05) is 7.11 Å². The Balaban J connectivity index is 1.82. The molecule has 21 heavy (non-hydrogen) atoms. The molecule has 1 aliphatic carbocycles. The minimum Gasteiger partial charge on any atom is -0.497 e. The van der Waals surface area contributed by atoms with Crippen LogP contribution in [0.3, 0.4) is 0 Å². The molecule has 3 rings (SSSR count). The van der Waals surface area contributed by atoms with Crippen LogP contribution in [-0.2, 0) is 11.2 Å². The van der Waals surface area contributed by atoms with E-state index in [1.54, 1.807) is 13.4 Å². The first-order chi connectivity index (χ1) is 10.1. The maximum absolute atomic E-state index is 12.6. The van der Waals surface area contributed by atoms with Crippen molar-refractivity contribution in [1.29, 1.82) is 0 Å². The zero-order chi connectivity index (χ0) is 15.0. The molecule has 0 saturated heterocycles. The van der Waals surface area contributed by atoms with Gasteiger partial charge >= 0.3 is 0 Å². The number of fused-ring (bicyclic) bond motifs is 1. The number of nitrogens with zero attached hydrogens (tertiary/aromatic N) is 1.